The number of rotatable bonds is 0. The molecule has 0 saturated carbocycles. The second kappa shape index (κ2) is 9.02. The van der Waals surface area contributed by atoms with Crippen LogP contribution in [0.3, 0.4) is 0 Å². The summed E-state index contributed by atoms with van der Waals surface area (Å²) in [6.07, 6.45) is 15.7. The summed E-state index contributed by atoms with van der Waals surface area (Å²) < 4.78 is 0. The molecule has 0 fully saturated rings. The Morgan fingerprint density at radius 1 is 0.714 bits per heavy atom. The van der Waals surface area contributed by atoms with Crippen molar-refractivity contribution in [1.29, 1.82) is 0 Å². The highest BCUT2D eigenvalue weighted by Crippen LogP contribution is 2.10. The van der Waals surface area contributed by atoms with Gasteiger partial charge in [0.1, 0.15) is 0 Å². The highest BCUT2D eigenvalue weighted by atomic mass is 14.7. The number of hydrogen-bond donors (Lipinski definition) is 0. The molecule has 0 spiro atoms. The van der Waals surface area contributed by atoms with Crippen LogP contribution in [-0.2, 0) is 0 Å². The van der Waals surface area contributed by atoms with Gasteiger partial charge >= 0.3 is 0 Å². The van der Waals surface area contributed by atoms with Crippen molar-refractivity contribution in [3.05, 3.63) is 6.08 Å². The van der Waals surface area contributed by atoms with Crippen molar-refractivity contribution in [2.75, 3.05) is 6.54 Å². The molecule has 0 aliphatic carbocycles. The molecule has 1 heterocycles. The van der Waals surface area contributed by atoms with E-state index in [1.165, 1.54) is 64.2 Å². The largest absolute Gasteiger partial charge is 0.243 e. The SMILES string of the molecule is C1=CCCCCCCCCCCCN=1. The third-order valence-corrected chi connectivity index (χ3v) is 2.80. The summed E-state index contributed by atoms with van der Waals surface area (Å²) in [5.74, 6) is 3.04. The first-order valence-electron chi connectivity index (χ1n) is 6.24. The lowest BCUT2D eigenvalue weighted by atomic mass is 10.1. The molecule has 0 atom stereocenters. The van der Waals surface area contributed by atoms with Crippen LogP contribution in [0, 0.1) is 0 Å². The lowest BCUT2D eigenvalue weighted by Gasteiger charge is -2.01. The van der Waals surface area contributed by atoms with E-state index in [9.17, 15) is 0 Å². The molecule has 1 nitrogen and oxygen atoms in total. The molecule has 0 bridgehead atoms. The smallest absolute Gasteiger partial charge is 0.0483 e. The monoisotopic (exact) mass is 193 g/mol. The van der Waals surface area contributed by atoms with E-state index in [0.29, 0.717) is 0 Å². The third-order valence-electron chi connectivity index (χ3n) is 2.80. The maximum Gasteiger partial charge on any atom is 0.0483 e. The molecule has 0 N–H and O–H groups in total. The highest BCUT2D eigenvalue weighted by Gasteiger charge is 1.92. The van der Waals surface area contributed by atoms with Crippen molar-refractivity contribution in [2.24, 2.45) is 4.99 Å². The first-order valence-corrected chi connectivity index (χ1v) is 6.24. The van der Waals surface area contributed by atoms with Gasteiger partial charge in [-0.05, 0) is 31.2 Å². The topological polar surface area (TPSA) is 12.4 Å². The lowest BCUT2D eigenvalue weighted by molar-refractivity contribution is 0.561. The van der Waals surface area contributed by atoms with Crippen LogP contribution in [0.15, 0.2) is 11.1 Å². The summed E-state index contributed by atoms with van der Waals surface area (Å²) in [5.41, 5.74) is 0. The van der Waals surface area contributed by atoms with Crippen molar-refractivity contribution < 1.29 is 0 Å². The Balaban J connectivity index is 2.18. The van der Waals surface area contributed by atoms with E-state index in [1.807, 2.05) is 0 Å². The number of aliphatic imine (C=N–C) groups is 1. The molecule has 14 heavy (non-hydrogen) atoms. The summed E-state index contributed by atoms with van der Waals surface area (Å²) in [6, 6.07) is 0. The Kier molecular flexibility index (Phi) is 7.43. The Labute approximate surface area is 88.3 Å². The van der Waals surface area contributed by atoms with Gasteiger partial charge in [-0.3, -0.25) is 0 Å². The number of hydrogen-bond acceptors (Lipinski definition) is 1. The third kappa shape index (κ3) is 6.91. The molecule has 0 saturated heterocycles. The van der Waals surface area contributed by atoms with Crippen LogP contribution in [0.4, 0.5) is 0 Å². The molecule has 1 aliphatic rings. The quantitative estimate of drug-likeness (QED) is 0.548. The Hall–Kier alpha value is -0.550. The van der Waals surface area contributed by atoms with E-state index in [2.05, 4.69) is 16.9 Å². The van der Waals surface area contributed by atoms with Gasteiger partial charge in [-0.2, -0.15) is 0 Å². The zero-order valence-electron chi connectivity index (χ0n) is 9.30. The van der Waals surface area contributed by atoms with Crippen molar-refractivity contribution in [3.63, 3.8) is 0 Å². The minimum atomic E-state index is 0.983. The van der Waals surface area contributed by atoms with Crippen LogP contribution < -0.4 is 0 Å². The molecule has 1 rings (SSSR count). The summed E-state index contributed by atoms with van der Waals surface area (Å²) in [7, 11) is 0. The molecule has 1 aliphatic heterocycles. The zero-order chi connectivity index (χ0) is 9.90. The average Bonchev–Trinajstić information content (AvgIpc) is 2.22. The van der Waals surface area contributed by atoms with Crippen LogP contribution >= 0.6 is 0 Å². The van der Waals surface area contributed by atoms with Crippen LogP contribution in [0.1, 0.15) is 64.2 Å². The second-order valence-corrected chi connectivity index (χ2v) is 4.19. The Bertz CT molecular complexity index is 162. The molecule has 0 radical (unpaired) electrons. The molecule has 0 amide bonds. The number of allylic oxidation sites excluding steroid dienone is 1. The molecule has 0 aromatic carbocycles. The molecule has 0 unspecified atom stereocenters. The maximum absolute atomic E-state index is 4.25. The maximum atomic E-state index is 4.25. The highest BCUT2D eigenvalue weighted by molar-refractivity contribution is 5.51. The second-order valence-electron chi connectivity index (χ2n) is 4.19. The molecule has 0 aromatic rings. The summed E-state index contributed by atoms with van der Waals surface area (Å²) in [4.78, 5) is 4.25. The van der Waals surface area contributed by atoms with Crippen molar-refractivity contribution >= 4 is 5.87 Å². The van der Waals surface area contributed by atoms with Gasteiger partial charge in [-0.25, -0.2) is 4.99 Å². The van der Waals surface area contributed by atoms with Crippen LogP contribution in [0.2, 0.25) is 0 Å². The average molecular weight is 193 g/mol. The fraction of sp³-hybridized carbons (Fsp3) is 0.846. The van der Waals surface area contributed by atoms with E-state index < -0.39 is 0 Å². The van der Waals surface area contributed by atoms with Crippen LogP contribution in [0.5, 0.6) is 0 Å². The molecule has 80 valence electrons. The molecule has 0 aromatic heterocycles. The fourth-order valence-electron chi connectivity index (χ4n) is 1.87. The summed E-state index contributed by atoms with van der Waals surface area (Å²) in [6.45, 7) is 0.983. The van der Waals surface area contributed by atoms with Crippen molar-refractivity contribution in [2.45, 2.75) is 64.2 Å². The fourth-order valence-corrected chi connectivity index (χ4v) is 1.87. The normalized spacial score (nSPS) is 21.7. The van der Waals surface area contributed by atoms with Gasteiger partial charge in [0.25, 0.3) is 0 Å². The summed E-state index contributed by atoms with van der Waals surface area (Å²) in [5, 5.41) is 0. The Morgan fingerprint density at radius 2 is 1.29 bits per heavy atom. The molecular weight excluding hydrogens is 170 g/mol. The molecule has 1 heteroatoms. The molecular formula is C13H23N. The zero-order valence-corrected chi connectivity index (χ0v) is 9.30. The summed E-state index contributed by atoms with van der Waals surface area (Å²) >= 11 is 0. The van der Waals surface area contributed by atoms with Crippen LogP contribution in [-0.4, -0.2) is 12.4 Å². The predicted molar refractivity (Wildman–Crippen MR) is 63.0 cm³/mol. The lowest BCUT2D eigenvalue weighted by Crippen LogP contribution is -1.85. The first-order chi connectivity index (χ1) is 7.00. The van der Waals surface area contributed by atoms with E-state index in [4.69, 9.17) is 0 Å². The van der Waals surface area contributed by atoms with Gasteiger partial charge in [-0.15, -0.1) is 0 Å². The van der Waals surface area contributed by atoms with Gasteiger partial charge in [0.2, 0.25) is 0 Å². The van der Waals surface area contributed by atoms with E-state index >= 15 is 0 Å². The Morgan fingerprint density at radius 3 is 2.00 bits per heavy atom. The van der Waals surface area contributed by atoms with E-state index in [-0.39, 0.29) is 0 Å². The number of nitrogens with zero attached hydrogens (tertiary/aromatic N) is 1. The first kappa shape index (κ1) is 11.5. The minimum Gasteiger partial charge on any atom is -0.243 e. The van der Waals surface area contributed by atoms with Gasteiger partial charge in [-0.1, -0.05) is 44.9 Å². The predicted octanol–water partition coefficient (Wildman–Crippen LogP) is 4.13. The van der Waals surface area contributed by atoms with Crippen molar-refractivity contribution in [1.82, 2.24) is 0 Å². The van der Waals surface area contributed by atoms with Crippen molar-refractivity contribution in [3.8, 4) is 0 Å². The van der Waals surface area contributed by atoms with Crippen LogP contribution in [0.25, 0.3) is 0 Å². The minimum absolute atomic E-state index is 0.983. The van der Waals surface area contributed by atoms with Gasteiger partial charge in [0.05, 0.1) is 0 Å². The van der Waals surface area contributed by atoms with Gasteiger partial charge in [0.15, 0.2) is 0 Å². The van der Waals surface area contributed by atoms with Gasteiger partial charge < -0.3 is 0 Å². The van der Waals surface area contributed by atoms with E-state index in [0.717, 1.165) is 6.54 Å². The van der Waals surface area contributed by atoms with Gasteiger partial charge in [0, 0.05) is 6.54 Å². The van der Waals surface area contributed by atoms with E-state index in [1.54, 1.807) is 0 Å². The standard InChI is InChI=1S/C13H23N/c1-2-4-6-8-10-12-14-13-11-9-7-5-3-1/h10H,1-9,11,13H2.